The first-order valence-corrected chi connectivity index (χ1v) is 8.16. The van der Waals surface area contributed by atoms with Gasteiger partial charge >= 0.3 is 6.03 Å². The molecule has 0 fully saturated rings. The van der Waals surface area contributed by atoms with Crippen LogP contribution in [0.1, 0.15) is 29.8 Å². The molecule has 0 bridgehead atoms. The quantitative estimate of drug-likeness (QED) is 0.750. The fraction of sp³-hybridized carbons (Fsp3) is 0.278. The van der Waals surface area contributed by atoms with E-state index in [2.05, 4.69) is 20.8 Å². The molecule has 0 aliphatic carbocycles. The summed E-state index contributed by atoms with van der Waals surface area (Å²) in [5, 5.41) is 14.4. The van der Waals surface area contributed by atoms with Crippen LogP contribution >= 0.6 is 0 Å². The molecule has 130 valence electrons. The second kappa shape index (κ2) is 7.21. The van der Waals surface area contributed by atoms with Crippen LogP contribution in [0.25, 0.3) is 5.69 Å². The lowest BCUT2D eigenvalue weighted by Crippen LogP contribution is -2.36. The molecule has 0 radical (unpaired) electrons. The van der Waals surface area contributed by atoms with Gasteiger partial charge in [-0.2, -0.15) is 10.2 Å². The van der Waals surface area contributed by atoms with Crippen molar-refractivity contribution in [2.75, 3.05) is 0 Å². The van der Waals surface area contributed by atoms with Crippen LogP contribution in [0.4, 0.5) is 4.79 Å². The Morgan fingerprint density at radius 3 is 2.68 bits per heavy atom. The van der Waals surface area contributed by atoms with Crippen molar-refractivity contribution in [2.45, 2.75) is 26.4 Å². The predicted octanol–water partition coefficient (Wildman–Crippen LogP) is 2.47. The molecule has 2 heterocycles. The molecule has 7 nitrogen and oxygen atoms in total. The van der Waals surface area contributed by atoms with E-state index in [4.69, 9.17) is 0 Å². The van der Waals surface area contributed by atoms with E-state index in [1.54, 1.807) is 15.6 Å². The summed E-state index contributed by atoms with van der Waals surface area (Å²) in [6, 6.07) is 9.52. The maximum Gasteiger partial charge on any atom is 0.315 e. The van der Waals surface area contributed by atoms with Gasteiger partial charge in [0.05, 0.1) is 23.6 Å². The Kier molecular flexibility index (Phi) is 4.83. The number of hydrogen-bond acceptors (Lipinski definition) is 3. The number of para-hydroxylation sites is 1. The minimum atomic E-state index is -0.219. The predicted molar refractivity (Wildman–Crippen MR) is 95.3 cm³/mol. The van der Waals surface area contributed by atoms with Crippen LogP contribution in [-0.4, -0.2) is 25.6 Å². The Hall–Kier alpha value is -3.09. The van der Waals surface area contributed by atoms with Crippen LogP contribution in [-0.2, 0) is 13.6 Å². The smallest absolute Gasteiger partial charge is 0.315 e. The normalized spacial score (nSPS) is 12.0. The fourth-order valence-electron chi connectivity index (χ4n) is 2.72. The second-order valence-corrected chi connectivity index (χ2v) is 6.02. The van der Waals surface area contributed by atoms with E-state index < -0.39 is 0 Å². The maximum atomic E-state index is 12.1. The average molecular weight is 338 g/mol. The lowest BCUT2D eigenvalue weighted by Gasteiger charge is -2.13. The van der Waals surface area contributed by atoms with E-state index in [1.165, 1.54) is 0 Å². The second-order valence-electron chi connectivity index (χ2n) is 6.02. The number of nitrogens with one attached hydrogen (secondary N) is 2. The van der Waals surface area contributed by atoms with Gasteiger partial charge in [0.25, 0.3) is 0 Å². The lowest BCUT2D eigenvalue weighted by molar-refractivity contribution is 0.237. The Morgan fingerprint density at radius 2 is 2.00 bits per heavy atom. The summed E-state index contributed by atoms with van der Waals surface area (Å²) in [5.41, 5.74) is 3.84. The van der Waals surface area contributed by atoms with Gasteiger partial charge in [0.15, 0.2) is 0 Å². The van der Waals surface area contributed by atoms with Gasteiger partial charge in [0, 0.05) is 37.1 Å². The molecule has 7 heteroatoms. The number of hydrogen-bond donors (Lipinski definition) is 2. The molecule has 1 atom stereocenters. The highest BCUT2D eigenvalue weighted by Crippen LogP contribution is 2.15. The maximum absolute atomic E-state index is 12.1. The molecule has 0 aliphatic rings. The summed E-state index contributed by atoms with van der Waals surface area (Å²) in [7, 11) is 1.87. The van der Waals surface area contributed by atoms with Crippen LogP contribution in [0.15, 0.2) is 48.9 Å². The van der Waals surface area contributed by atoms with Crippen molar-refractivity contribution in [3.05, 3.63) is 65.7 Å². The number of nitrogens with zero attached hydrogens (tertiary/aromatic N) is 4. The Labute approximate surface area is 146 Å². The summed E-state index contributed by atoms with van der Waals surface area (Å²) >= 11 is 0. The molecule has 0 saturated carbocycles. The van der Waals surface area contributed by atoms with Crippen LogP contribution in [0.2, 0.25) is 0 Å². The highest BCUT2D eigenvalue weighted by atomic mass is 16.2. The Morgan fingerprint density at radius 1 is 1.24 bits per heavy atom. The highest BCUT2D eigenvalue weighted by molar-refractivity contribution is 5.74. The molecule has 3 rings (SSSR count). The van der Waals surface area contributed by atoms with Crippen LogP contribution < -0.4 is 10.6 Å². The van der Waals surface area contributed by atoms with Gasteiger partial charge in [-0.1, -0.05) is 18.2 Å². The monoisotopic (exact) mass is 338 g/mol. The van der Waals surface area contributed by atoms with Gasteiger partial charge in [-0.15, -0.1) is 0 Å². The van der Waals surface area contributed by atoms with Crippen molar-refractivity contribution in [1.82, 2.24) is 30.2 Å². The summed E-state index contributed by atoms with van der Waals surface area (Å²) in [4.78, 5) is 12.1. The zero-order chi connectivity index (χ0) is 17.8. The standard InChI is InChI=1S/C18H22N6O/c1-13(17-12-23(3)22-14(17)2)21-18(25)19-9-15-10-20-24(11-15)16-7-5-4-6-8-16/h4-8,10-13H,9H2,1-3H3,(H2,19,21,25). The van der Waals surface area contributed by atoms with E-state index in [-0.39, 0.29) is 12.1 Å². The SMILES string of the molecule is Cc1nn(C)cc1C(C)NC(=O)NCc1cnn(-c2ccccc2)c1. The van der Waals surface area contributed by atoms with E-state index >= 15 is 0 Å². The van der Waals surface area contributed by atoms with E-state index in [9.17, 15) is 4.79 Å². The van der Waals surface area contributed by atoms with E-state index in [1.807, 2.05) is 63.6 Å². The topological polar surface area (TPSA) is 76.8 Å². The third-order valence-corrected chi connectivity index (χ3v) is 3.98. The fourth-order valence-corrected chi connectivity index (χ4v) is 2.72. The Bertz CT molecular complexity index is 852. The number of aryl methyl sites for hydroxylation is 2. The first-order valence-electron chi connectivity index (χ1n) is 8.16. The van der Waals surface area contributed by atoms with Crippen molar-refractivity contribution >= 4 is 6.03 Å². The molecular formula is C18H22N6O. The highest BCUT2D eigenvalue weighted by Gasteiger charge is 2.14. The van der Waals surface area contributed by atoms with Crippen LogP contribution in [0.3, 0.4) is 0 Å². The number of rotatable bonds is 5. The Balaban J connectivity index is 1.54. The number of carbonyl (C=O) groups excluding carboxylic acids is 1. The van der Waals surface area contributed by atoms with E-state index in [0.717, 1.165) is 22.5 Å². The molecule has 1 aromatic carbocycles. The molecule has 3 aromatic rings. The zero-order valence-electron chi connectivity index (χ0n) is 14.6. The van der Waals surface area contributed by atoms with Crippen LogP contribution in [0, 0.1) is 6.92 Å². The number of urea groups is 1. The third-order valence-electron chi connectivity index (χ3n) is 3.98. The molecule has 0 saturated heterocycles. The van der Waals surface area contributed by atoms with Gasteiger partial charge in [0.2, 0.25) is 0 Å². The summed E-state index contributed by atoms with van der Waals surface area (Å²) in [6.45, 7) is 4.29. The van der Waals surface area contributed by atoms with Crippen molar-refractivity contribution < 1.29 is 4.79 Å². The molecule has 0 aliphatic heterocycles. The average Bonchev–Trinajstić information content (AvgIpc) is 3.20. The number of carbonyl (C=O) groups is 1. The first-order chi connectivity index (χ1) is 12.0. The summed E-state index contributed by atoms with van der Waals surface area (Å²) in [5.74, 6) is 0. The first kappa shape index (κ1) is 16.8. The largest absolute Gasteiger partial charge is 0.334 e. The summed E-state index contributed by atoms with van der Waals surface area (Å²) < 4.78 is 3.54. The van der Waals surface area contributed by atoms with Crippen LogP contribution in [0.5, 0.6) is 0 Å². The minimum absolute atomic E-state index is 0.110. The molecule has 1 unspecified atom stereocenters. The third kappa shape index (κ3) is 4.06. The molecule has 2 N–H and O–H groups in total. The molecule has 2 aromatic heterocycles. The number of aromatic nitrogens is 4. The van der Waals surface area contributed by atoms with Crippen molar-refractivity contribution in [3.8, 4) is 5.69 Å². The van der Waals surface area contributed by atoms with Gasteiger partial charge in [-0.05, 0) is 26.0 Å². The zero-order valence-corrected chi connectivity index (χ0v) is 14.6. The van der Waals surface area contributed by atoms with Crippen molar-refractivity contribution in [3.63, 3.8) is 0 Å². The van der Waals surface area contributed by atoms with Gasteiger partial charge in [-0.25, -0.2) is 9.48 Å². The number of benzene rings is 1. The number of amides is 2. The van der Waals surface area contributed by atoms with Crippen molar-refractivity contribution in [1.29, 1.82) is 0 Å². The molecule has 2 amide bonds. The van der Waals surface area contributed by atoms with E-state index in [0.29, 0.717) is 6.54 Å². The van der Waals surface area contributed by atoms with Gasteiger partial charge < -0.3 is 10.6 Å². The lowest BCUT2D eigenvalue weighted by atomic mass is 10.1. The molecule has 25 heavy (non-hydrogen) atoms. The van der Waals surface area contributed by atoms with Crippen molar-refractivity contribution in [2.24, 2.45) is 7.05 Å². The minimum Gasteiger partial charge on any atom is -0.334 e. The van der Waals surface area contributed by atoms with Gasteiger partial charge in [-0.3, -0.25) is 4.68 Å². The molecular weight excluding hydrogens is 316 g/mol. The van der Waals surface area contributed by atoms with Gasteiger partial charge in [0.1, 0.15) is 0 Å². The molecule has 0 spiro atoms. The summed E-state index contributed by atoms with van der Waals surface area (Å²) in [6.07, 6.45) is 5.58.